The molecule has 4 rings (SSSR count). The molecule has 0 bridgehead atoms. The van der Waals surface area contributed by atoms with Gasteiger partial charge in [0.05, 0.1) is 4.92 Å². The number of nitro benzene ring substituents is 1. The molecule has 1 aromatic heterocycles. The zero-order chi connectivity index (χ0) is 16.1. The average molecular weight is 332 g/mol. The fourth-order valence-electron chi connectivity index (χ4n) is 2.88. The third-order valence-electron chi connectivity index (χ3n) is 3.92. The molecule has 3 aromatic rings. The number of nitrogens with zero attached hydrogens (tertiary/aromatic N) is 3. The van der Waals surface area contributed by atoms with Gasteiger partial charge < -0.3 is 0 Å². The third kappa shape index (κ3) is 2.19. The number of fused-ring (bicyclic) bond motifs is 2. The zero-order valence-electron chi connectivity index (χ0n) is 12.4. The standard InChI is InChI=1S/C15H7N3O5.Na/c19-14-7-3-1-2-4-8(7)15(20)11(14)9-5-6-10(18(21)22)13-12(9)16-23-17-13;/h1-6,11H;/q;+1. The van der Waals surface area contributed by atoms with E-state index in [0.29, 0.717) is 11.1 Å². The Hall–Kier alpha value is -2.42. The number of benzene rings is 2. The summed E-state index contributed by atoms with van der Waals surface area (Å²) >= 11 is 0. The SMILES string of the molecule is O=C1c2ccccc2C(=O)C1c1ccc([N+](=O)[O-])c2nonc12.[Na+]. The summed E-state index contributed by atoms with van der Waals surface area (Å²) < 4.78 is 4.58. The van der Waals surface area contributed by atoms with Gasteiger partial charge >= 0.3 is 35.2 Å². The van der Waals surface area contributed by atoms with E-state index in [4.69, 9.17) is 0 Å². The van der Waals surface area contributed by atoms with Crippen molar-refractivity contribution < 1.29 is 48.7 Å². The number of rotatable bonds is 2. The Morgan fingerprint density at radius 1 is 0.958 bits per heavy atom. The van der Waals surface area contributed by atoms with E-state index < -0.39 is 10.8 Å². The van der Waals surface area contributed by atoms with Gasteiger partial charge in [-0.1, -0.05) is 24.3 Å². The summed E-state index contributed by atoms with van der Waals surface area (Å²) in [5.74, 6) is -1.80. The molecular weight excluding hydrogens is 325 g/mol. The summed E-state index contributed by atoms with van der Waals surface area (Å²) in [5, 5.41) is 18.2. The minimum absolute atomic E-state index is 0. The molecule has 0 fully saturated rings. The normalized spacial score (nSPS) is 13.8. The first kappa shape index (κ1) is 16.4. The van der Waals surface area contributed by atoms with E-state index >= 15 is 0 Å². The van der Waals surface area contributed by atoms with Crippen molar-refractivity contribution in [1.29, 1.82) is 0 Å². The van der Waals surface area contributed by atoms with Crippen LogP contribution < -0.4 is 29.6 Å². The summed E-state index contributed by atoms with van der Waals surface area (Å²) in [6.45, 7) is 0. The number of non-ortho nitro benzene ring substituents is 1. The second kappa shape index (κ2) is 5.90. The van der Waals surface area contributed by atoms with Gasteiger partial charge in [0.2, 0.25) is 5.52 Å². The minimum atomic E-state index is -1.08. The summed E-state index contributed by atoms with van der Waals surface area (Å²) in [4.78, 5) is 35.5. The number of aromatic nitrogens is 2. The number of carbonyl (C=O) groups is 2. The minimum Gasteiger partial charge on any atom is -0.293 e. The smallest absolute Gasteiger partial charge is 0.293 e. The van der Waals surface area contributed by atoms with E-state index in [0.717, 1.165) is 0 Å². The maximum atomic E-state index is 12.6. The molecule has 0 unspecified atom stereocenters. The fourth-order valence-corrected chi connectivity index (χ4v) is 2.88. The van der Waals surface area contributed by atoms with Gasteiger partial charge in [0, 0.05) is 22.8 Å². The second-order valence-electron chi connectivity index (χ2n) is 5.10. The van der Waals surface area contributed by atoms with E-state index in [1.165, 1.54) is 12.1 Å². The third-order valence-corrected chi connectivity index (χ3v) is 3.92. The molecule has 1 heterocycles. The predicted molar refractivity (Wildman–Crippen MR) is 76.3 cm³/mol. The molecule has 112 valence electrons. The van der Waals surface area contributed by atoms with Gasteiger partial charge in [-0.3, -0.25) is 19.7 Å². The van der Waals surface area contributed by atoms with Crippen LogP contribution in [0.3, 0.4) is 0 Å². The molecule has 0 atom stereocenters. The Morgan fingerprint density at radius 2 is 1.54 bits per heavy atom. The number of Topliss-reactive ketones (excluding diaryl/α,β-unsaturated/α-hetero) is 2. The van der Waals surface area contributed by atoms with Crippen molar-refractivity contribution >= 4 is 28.3 Å². The van der Waals surface area contributed by atoms with Crippen molar-refractivity contribution in [3.8, 4) is 0 Å². The van der Waals surface area contributed by atoms with Gasteiger partial charge in [0.1, 0.15) is 11.4 Å². The van der Waals surface area contributed by atoms with Gasteiger partial charge in [-0.2, -0.15) is 0 Å². The van der Waals surface area contributed by atoms with Crippen LogP contribution in [0.2, 0.25) is 0 Å². The number of carbonyl (C=O) groups excluding carboxylic acids is 2. The second-order valence-corrected chi connectivity index (χ2v) is 5.10. The van der Waals surface area contributed by atoms with E-state index in [2.05, 4.69) is 14.9 Å². The summed E-state index contributed by atoms with van der Waals surface area (Å²) in [6.07, 6.45) is 0. The number of ketones is 2. The number of hydrogen-bond acceptors (Lipinski definition) is 7. The Morgan fingerprint density at radius 3 is 2.12 bits per heavy atom. The van der Waals surface area contributed by atoms with E-state index in [1.807, 2.05) is 0 Å². The molecule has 0 amide bonds. The van der Waals surface area contributed by atoms with E-state index in [1.54, 1.807) is 24.3 Å². The molecule has 1 aliphatic carbocycles. The first-order chi connectivity index (χ1) is 11.1. The van der Waals surface area contributed by atoms with Crippen molar-refractivity contribution in [3.63, 3.8) is 0 Å². The van der Waals surface area contributed by atoms with Gasteiger partial charge in [-0.15, -0.1) is 0 Å². The molecule has 2 aromatic carbocycles. The quantitative estimate of drug-likeness (QED) is 0.264. The van der Waals surface area contributed by atoms with Gasteiger partial charge in [0.25, 0.3) is 0 Å². The maximum absolute atomic E-state index is 12.6. The molecule has 24 heavy (non-hydrogen) atoms. The van der Waals surface area contributed by atoms with Crippen LogP contribution in [0.1, 0.15) is 32.2 Å². The van der Waals surface area contributed by atoms with Crippen LogP contribution in [-0.4, -0.2) is 26.8 Å². The van der Waals surface area contributed by atoms with Crippen molar-refractivity contribution in [2.24, 2.45) is 0 Å². The molecular formula is C15H7N3NaO5+. The molecule has 0 spiro atoms. The molecule has 9 heteroatoms. The average Bonchev–Trinajstić information content (AvgIpc) is 3.12. The van der Waals surface area contributed by atoms with E-state index in [9.17, 15) is 19.7 Å². The van der Waals surface area contributed by atoms with Crippen molar-refractivity contribution in [1.82, 2.24) is 10.3 Å². The Labute approximate surface area is 156 Å². The van der Waals surface area contributed by atoms with Gasteiger partial charge in [-0.05, 0) is 16.4 Å². The fraction of sp³-hybridized carbons (Fsp3) is 0.0667. The van der Waals surface area contributed by atoms with Gasteiger partial charge in [-0.25, -0.2) is 4.63 Å². The van der Waals surface area contributed by atoms with Crippen LogP contribution in [0.15, 0.2) is 41.0 Å². The number of nitro groups is 1. The Bertz CT molecular complexity index is 978. The largest absolute Gasteiger partial charge is 1.00 e. The van der Waals surface area contributed by atoms with Crippen LogP contribution in [-0.2, 0) is 0 Å². The number of hydrogen-bond donors (Lipinski definition) is 0. The topological polar surface area (TPSA) is 116 Å². The van der Waals surface area contributed by atoms with Crippen molar-refractivity contribution in [3.05, 3.63) is 63.2 Å². The van der Waals surface area contributed by atoms with E-state index in [-0.39, 0.29) is 63.4 Å². The summed E-state index contributed by atoms with van der Waals surface area (Å²) in [5.41, 5.74) is 0.622. The van der Waals surface area contributed by atoms with Crippen LogP contribution in [0, 0.1) is 10.1 Å². The Kier molecular flexibility index (Phi) is 4.04. The van der Waals surface area contributed by atoms with Crippen LogP contribution >= 0.6 is 0 Å². The monoisotopic (exact) mass is 332 g/mol. The van der Waals surface area contributed by atoms with Crippen LogP contribution in [0.4, 0.5) is 5.69 Å². The molecule has 8 nitrogen and oxygen atoms in total. The Balaban J connectivity index is 0.00000169. The predicted octanol–water partition coefficient (Wildman–Crippen LogP) is -0.702. The molecule has 0 N–H and O–H groups in total. The molecule has 1 aliphatic rings. The van der Waals surface area contributed by atoms with Crippen LogP contribution in [0.25, 0.3) is 11.0 Å². The molecule has 0 aliphatic heterocycles. The molecule has 0 saturated carbocycles. The first-order valence-electron chi connectivity index (χ1n) is 6.66. The van der Waals surface area contributed by atoms with Crippen molar-refractivity contribution in [2.75, 3.05) is 0 Å². The summed E-state index contributed by atoms with van der Waals surface area (Å²) in [7, 11) is 0. The maximum Gasteiger partial charge on any atom is 1.00 e. The summed E-state index contributed by atoms with van der Waals surface area (Å²) in [6, 6.07) is 9.08. The molecule has 0 radical (unpaired) electrons. The molecule has 0 saturated heterocycles. The van der Waals surface area contributed by atoms with Gasteiger partial charge in [0.15, 0.2) is 11.6 Å². The van der Waals surface area contributed by atoms with Crippen LogP contribution in [0.5, 0.6) is 0 Å². The first-order valence-corrected chi connectivity index (χ1v) is 6.66. The zero-order valence-corrected chi connectivity index (χ0v) is 14.4. The van der Waals surface area contributed by atoms with Crippen molar-refractivity contribution in [2.45, 2.75) is 5.92 Å².